The van der Waals surface area contributed by atoms with Crippen molar-refractivity contribution in [1.82, 2.24) is 14.9 Å². The van der Waals surface area contributed by atoms with E-state index in [-0.39, 0.29) is 0 Å². The molecule has 40 heavy (non-hydrogen) atoms. The first kappa shape index (κ1) is 26.1. The minimum absolute atomic E-state index is 0.619. The van der Waals surface area contributed by atoms with Crippen molar-refractivity contribution < 1.29 is 14.2 Å². The topological polar surface area (TPSA) is 56.7 Å². The summed E-state index contributed by atoms with van der Waals surface area (Å²) in [5.41, 5.74) is 6.88. The highest BCUT2D eigenvalue weighted by atomic mass is 16.5. The molecule has 2 aromatic heterocycles. The van der Waals surface area contributed by atoms with Crippen LogP contribution in [0.25, 0.3) is 21.7 Å². The minimum Gasteiger partial charge on any atom is -0.493 e. The summed E-state index contributed by atoms with van der Waals surface area (Å²) in [7, 11) is 3.34. The Bertz CT molecular complexity index is 1640. The van der Waals surface area contributed by atoms with Crippen LogP contribution in [-0.4, -0.2) is 42.2 Å². The van der Waals surface area contributed by atoms with E-state index in [2.05, 4.69) is 60.4 Å². The van der Waals surface area contributed by atoms with Gasteiger partial charge in [0.15, 0.2) is 11.5 Å². The Balaban J connectivity index is 1.25. The molecule has 0 N–H and O–H groups in total. The van der Waals surface area contributed by atoms with Crippen molar-refractivity contribution in [2.75, 3.05) is 27.4 Å². The van der Waals surface area contributed by atoms with Crippen LogP contribution in [0.3, 0.4) is 0 Å². The van der Waals surface area contributed by atoms with Gasteiger partial charge in [0.1, 0.15) is 17.9 Å². The Morgan fingerprint density at radius 3 is 2.30 bits per heavy atom. The third-order valence-electron chi connectivity index (χ3n) is 7.73. The standard InChI is InChI=1S/C34H35N3O3/c1-4-8-30-29-19-33(39-3)32(38-2)18-28(29)26(20-35-30)17-27-14-13-23-11-7-12-31(34(23)36-27)40-16-15-37-21-24-9-5-6-10-25(24)22-37/h5-7,9-14,18-20H,4,8,15-17,21-22H2,1-3H3. The van der Waals surface area contributed by atoms with Crippen LogP contribution in [-0.2, 0) is 25.9 Å². The monoisotopic (exact) mass is 533 g/mol. The molecule has 0 atom stereocenters. The van der Waals surface area contributed by atoms with E-state index in [0.29, 0.717) is 18.8 Å². The lowest BCUT2D eigenvalue weighted by Crippen LogP contribution is -2.23. The first-order chi connectivity index (χ1) is 19.7. The molecule has 1 aliphatic heterocycles. The molecule has 0 fully saturated rings. The summed E-state index contributed by atoms with van der Waals surface area (Å²) in [6.45, 7) is 5.62. The highest BCUT2D eigenvalue weighted by Crippen LogP contribution is 2.36. The number of fused-ring (bicyclic) bond motifs is 3. The first-order valence-corrected chi connectivity index (χ1v) is 14.0. The molecule has 204 valence electrons. The van der Waals surface area contributed by atoms with E-state index >= 15 is 0 Å². The van der Waals surface area contributed by atoms with Crippen LogP contribution in [0.1, 0.15) is 41.4 Å². The molecule has 6 nitrogen and oxygen atoms in total. The molecule has 5 aromatic rings. The number of aryl methyl sites for hydroxylation is 1. The minimum atomic E-state index is 0.619. The molecule has 6 heteroatoms. The highest BCUT2D eigenvalue weighted by Gasteiger charge is 2.18. The smallest absolute Gasteiger partial charge is 0.161 e. The van der Waals surface area contributed by atoms with Crippen LogP contribution >= 0.6 is 0 Å². The Hall–Kier alpha value is -4.16. The van der Waals surface area contributed by atoms with Gasteiger partial charge in [-0.05, 0) is 52.8 Å². The van der Waals surface area contributed by atoms with Crippen LogP contribution in [0.5, 0.6) is 17.2 Å². The van der Waals surface area contributed by atoms with E-state index < -0.39 is 0 Å². The maximum Gasteiger partial charge on any atom is 0.161 e. The maximum absolute atomic E-state index is 6.31. The number of benzene rings is 3. The lowest BCUT2D eigenvalue weighted by molar-refractivity contribution is 0.212. The zero-order chi connectivity index (χ0) is 27.5. The van der Waals surface area contributed by atoms with Crippen molar-refractivity contribution in [2.24, 2.45) is 0 Å². The largest absolute Gasteiger partial charge is 0.493 e. The van der Waals surface area contributed by atoms with E-state index in [0.717, 1.165) is 82.6 Å². The maximum atomic E-state index is 6.31. The van der Waals surface area contributed by atoms with Crippen molar-refractivity contribution in [1.29, 1.82) is 0 Å². The number of aromatic nitrogens is 2. The zero-order valence-electron chi connectivity index (χ0n) is 23.4. The Morgan fingerprint density at radius 2 is 1.57 bits per heavy atom. The molecule has 0 spiro atoms. The summed E-state index contributed by atoms with van der Waals surface area (Å²) in [5, 5.41) is 3.29. The number of hydrogen-bond acceptors (Lipinski definition) is 6. The van der Waals surface area contributed by atoms with Crippen molar-refractivity contribution in [3.63, 3.8) is 0 Å². The van der Waals surface area contributed by atoms with E-state index in [4.69, 9.17) is 24.2 Å². The molecule has 0 aliphatic carbocycles. The predicted molar refractivity (Wildman–Crippen MR) is 159 cm³/mol. The third-order valence-corrected chi connectivity index (χ3v) is 7.73. The van der Waals surface area contributed by atoms with Crippen molar-refractivity contribution in [3.8, 4) is 17.2 Å². The highest BCUT2D eigenvalue weighted by molar-refractivity contribution is 5.91. The number of rotatable bonds is 10. The Kier molecular flexibility index (Phi) is 7.51. The summed E-state index contributed by atoms with van der Waals surface area (Å²) < 4.78 is 17.5. The normalized spacial score (nSPS) is 13.1. The van der Waals surface area contributed by atoms with Gasteiger partial charge in [0, 0.05) is 54.4 Å². The molecular formula is C34H35N3O3. The fourth-order valence-corrected chi connectivity index (χ4v) is 5.67. The molecular weight excluding hydrogens is 498 g/mol. The predicted octanol–water partition coefficient (Wildman–Crippen LogP) is 6.74. The molecule has 6 rings (SSSR count). The third kappa shape index (κ3) is 5.19. The number of hydrogen-bond donors (Lipinski definition) is 0. The van der Waals surface area contributed by atoms with Gasteiger partial charge in [-0.25, -0.2) is 4.98 Å². The van der Waals surface area contributed by atoms with E-state index in [9.17, 15) is 0 Å². The second-order valence-corrected chi connectivity index (χ2v) is 10.4. The average molecular weight is 534 g/mol. The molecule has 0 saturated heterocycles. The molecule has 0 radical (unpaired) electrons. The summed E-state index contributed by atoms with van der Waals surface area (Å²) in [6, 6.07) is 23.2. The van der Waals surface area contributed by atoms with Gasteiger partial charge >= 0.3 is 0 Å². The number of pyridine rings is 2. The fraction of sp³-hybridized carbons (Fsp3) is 0.294. The van der Waals surface area contributed by atoms with Gasteiger partial charge in [-0.15, -0.1) is 0 Å². The van der Waals surface area contributed by atoms with E-state index in [1.165, 1.54) is 11.1 Å². The van der Waals surface area contributed by atoms with Gasteiger partial charge in [-0.2, -0.15) is 0 Å². The number of para-hydroxylation sites is 1. The van der Waals surface area contributed by atoms with Crippen LogP contribution in [0.4, 0.5) is 0 Å². The SMILES string of the molecule is CCCc1ncc(Cc2ccc3cccc(OCCN4Cc5ccccc5C4)c3n2)c2cc(OC)c(OC)cc12. The van der Waals surface area contributed by atoms with E-state index in [1.807, 2.05) is 24.4 Å². The number of methoxy groups -OCH3 is 2. The summed E-state index contributed by atoms with van der Waals surface area (Å²) in [6.07, 6.45) is 4.57. The molecule has 3 aromatic carbocycles. The molecule has 0 saturated carbocycles. The second kappa shape index (κ2) is 11.5. The van der Waals surface area contributed by atoms with Gasteiger partial charge < -0.3 is 14.2 Å². The summed E-state index contributed by atoms with van der Waals surface area (Å²) >= 11 is 0. The quantitative estimate of drug-likeness (QED) is 0.198. The van der Waals surface area contributed by atoms with Gasteiger partial charge in [-0.3, -0.25) is 9.88 Å². The van der Waals surface area contributed by atoms with Crippen molar-refractivity contribution in [2.45, 2.75) is 39.3 Å². The summed E-state index contributed by atoms with van der Waals surface area (Å²) in [4.78, 5) is 12.3. The van der Waals surface area contributed by atoms with Crippen LogP contribution < -0.4 is 14.2 Å². The molecule has 0 unspecified atom stereocenters. The Labute approximate surface area is 235 Å². The van der Waals surface area contributed by atoms with Gasteiger partial charge in [-0.1, -0.05) is 55.8 Å². The van der Waals surface area contributed by atoms with Crippen LogP contribution in [0.15, 0.2) is 72.9 Å². The second-order valence-electron chi connectivity index (χ2n) is 10.4. The fourth-order valence-electron chi connectivity index (χ4n) is 5.67. The van der Waals surface area contributed by atoms with E-state index in [1.54, 1.807) is 14.2 Å². The number of ether oxygens (including phenoxy) is 3. The van der Waals surface area contributed by atoms with Crippen LogP contribution in [0.2, 0.25) is 0 Å². The van der Waals surface area contributed by atoms with Gasteiger partial charge in [0.2, 0.25) is 0 Å². The lowest BCUT2D eigenvalue weighted by Gasteiger charge is -2.16. The zero-order valence-corrected chi connectivity index (χ0v) is 23.4. The molecule has 3 heterocycles. The van der Waals surface area contributed by atoms with Crippen molar-refractivity contribution in [3.05, 3.63) is 101 Å². The molecule has 0 amide bonds. The first-order valence-electron chi connectivity index (χ1n) is 14.0. The van der Waals surface area contributed by atoms with Gasteiger partial charge in [0.25, 0.3) is 0 Å². The van der Waals surface area contributed by atoms with Crippen molar-refractivity contribution >= 4 is 21.7 Å². The average Bonchev–Trinajstić information content (AvgIpc) is 3.41. The summed E-state index contributed by atoms with van der Waals surface area (Å²) in [5.74, 6) is 2.26. The van der Waals surface area contributed by atoms with Crippen LogP contribution in [0, 0.1) is 0 Å². The lowest BCUT2D eigenvalue weighted by atomic mass is 9.99. The number of nitrogens with zero attached hydrogens (tertiary/aromatic N) is 3. The molecule has 1 aliphatic rings. The van der Waals surface area contributed by atoms with Gasteiger partial charge in [0.05, 0.1) is 14.2 Å². The Morgan fingerprint density at radius 1 is 0.825 bits per heavy atom. The molecule has 0 bridgehead atoms.